The van der Waals surface area contributed by atoms with Gasteiger partial charge in [-0.3, -0.25) is 14.9 Å². The number of hydrogen-bond acceptors (Lipinski definition) is 9. The molecule has 2 aromatic heterocycles. The predicted molar refractivity (Wildman–Crippen MR) is 144 cm³/mol. The second-order valence-corrected chi connectivity index (χ2v) is 10.4. The maximum Gasteiger partial charge on any atom is 0.335 e. The van der Waals surface area contributed by atoms with E-state index in [0.717, 1.165) is 33.2 Å². The van der Waals surface area contributed by atoms with E-state index in [0.29, 0.717) is 10.0 Å². The second-order valence-electron chi connectivity index (χ2n) is 8.37. The Morgan fingerprint density at radius 2 is 1.78 bits per heavy atom. The van der Waals surface area contributed by atoms with Gasteiger partial charge in [-0.05, 0) is 49.2 Å². The highest BCUT2D eigenvalue weighted by atomic mass is 32.1. The normalized spacial score (nSPS) is 15.0. The lowest BCUT2D eigenvalue weighted by atomic mass is 10.2. The van der Waals surface area contributed by atoms with Crippen LogP contribution in [0.5, 0.6) is 0 Å². The van der Waals surface area contributed by atoms with Gasteiger partial charge in [0.2, 0.25) is 11.0 Å². The van der Waals surface area contributed by atoms with Crippen molar-refractivity contribution in [1.82, 2.24) is 15.2 Å². The molecule has 0 aliphatic carbocycles. The lowest BCUT2D eigenvalue weighted by Crippen LogP contribution is -2.31. The fraction of sp³-hybridized carbons (Fsp3) is 0.360. The number of imide groups is 2. The number of carbonyl (C=O) groups is 3. The van der Waals surface area contributed by atoms with Crippen molar-refractivity contribution in [2.24, 2.45) is 10.2 Å². The molecule has 1 N–H and O–H groups in total. The van der Waals surface area contributed by atoms with Crippen molar-refractivity contribution in [1.29, 1.82) is 0 Å². The van der Waals surface area contributed by atoms with E-state index in [-0.39, 0.29) is 5.70 Å². The monoisotopic (exact) mass is 524 g/mol. The van der Waals surface area contributed by atoms with Gasteiger partial charge in [-0.15, -0.1) is 21.6 Å². The standard InChI is InChI=1S/C25H28N6O3S2/c1-4-6-12-30(13-7-5-2)18-10-8-17(9-11-18)28-29-24-27-23-21(36-24)15-19(35-23)14-20-22(33)26-25(34)31(20)16(3)32/h8-11,14-15H,4-7,12-13H2,1-3H3,(H,26,33,34)/b20-14+,29-28+. The predicted octanol–water partition coefficient (Wildman–Crippen LogP) is 6.62. The number of urea groups is 1. The maximum atomic E-state index is 12.0. The van der Waals surface area contributed by atoms with Gasteiger partial charge in [0.05, 0.1) is 10.4 Å². The van der Waals surface area contributed by atoms with E-state index in [9.17, 15) is 14.4 Å². The molecule has 0 spiro atoms. The third-order valence-corrected chi connectivity index (χ3v) is 7.61. The van der Waals surface area contributed by atoms with Crippen LogP contribution in [0.15, 0.2) is 46.3 Å². The summed E-state index contributed by atoms with van der Waals surface area (Å²) in [6, 6.07) is 9.24. The van der Waals surface area contributed by atoms with Gasteiger partial charge in [0.1, 0.15) is 10.5 Å². The maximum absolute atomic E-state index is 12.0. The van der Waals surface area contributed by atoms with Gasteiger partial charge in [0.25, 0.3) is 5.91 Å². The van der Waals surface area contributed by atoms with Gasteiger partial charge in [-0.25, -0.2) is 14.7 Å². The number of amides is 4. The zero-order valence-corrected chi connectivity index (χ0v) is 22.1. The Hall–Kier alpha value is -3.44. The second kappa shape index (κ2) is 11.5. The number of hydrogen-bond donors (Lipinski definition) is 1. The van der Waals surface area contributed by atoms with Crippen LogP contribution in [0.4, 0.5) is 21.3 Å². The summed E-state index contributed by atoms with van der Waals surface area (Å²) in [5, 5.41) is 11.3. The molecule has 11 heteroatoms. The first-order valence-corrected chi connectivity index (χ1v) is 13.6. The summed E-state index contributed by atoms with van der Waals surface area (Å²) in [4.78, 5) is 44.8. The van der Waals surface area contributed by atoms with E-state index >= 15 is 0 Å². The minimum atomic E-state index is -0.736. The molecule has 188 valence electrons. The summed E-state index contributed by atoms with van der Waals surface area (Å²) in [6.07, 6.45) is 6.21. The molecule has 1 aliphatic heterocycles. The molecule has 0 unspecified atom stereocenters. The number of rotatable bonds is 10. The molecule has 1 saturated heterocycles. The quantitative estimate of drug-likeness (QED) is 0.182. The molecular weight excluding hydrogens is 496 g/mol. The van der Waals surface area contributed by atoms with Gasteiger partial charge in [-0.1, -0.05) is 38.0 Å². The average Bonchev–Trinajstić information content (AvgIpc) is 3.49. The van der Waals surface area contributed by atoms with Crippen molar-refractivity contribution < 1.29 is 14.4 Å². The minimum Gasteiger partial charge on any atom is -0.372 e. The molecule has 0 radical (unpaired) electrons. The summed E-state index contributed by atoms with van der Waals surface area (Å²) in [5.41, 5.74) is 1.97. The molecule has 4 amide bonds. The van der Waals surface area contributed by atoms with Crippen LogP contribution in [0.2, 0.25) is 0 Å². The summed E-state index contributed by atoms with van der Waals surface area (Å²) < 4.78 is 0.887. The van der Waals surface area contributed by atoms with Gasteiger partial charge >= 0.3 is 6.03 Å². The van der Waals surface area contributed by atoms with E-state index in [1.165, 1.54) is 67.0 Å². The molecular formula is C25H28N6O3S2. The average molecular weight is 525 g/mol. The van der Waals surface area contributed by atoms with Crippen molar-refractivity contribution in [2.45, 2.75) is 46.5 Å². The van der Waals surface area contributed by atoms with Gasteiger partial charge in [-0.2, -0.15) is 0 Å². The third kappa shape index (κ3) is 5.85. The van der Waals surface area contributed by atoms with Crippen LogP contribution >= 0.6 is 22.7 Å². The molecule has 36 heavy (non-hydrogen) atoms. The van der Waals surface area contributed by atoms with Crippen LogP contribution in [0.1, 0.15) is 51.3 Å². The van der Waals surface area contributed by atoms with Gasteiger partial charge in [0, 0.05) is 30.6 Å². The van der Waals surface area contributed by atoms with Crippen molar-refractivity contribution in [3.05, 3.63) is 40.9 Å². The number of nitrogens with one attached hydrogen (secondary N) is 1. The molecule has 0 saturated carbocycles. The zero-order chi connectivity index (χ0) is 25.7. The molecule has 0 bridgehead atoms. The first kappa shape index (κ1) is 25.6. The first-order chi connectivity index (χ1) is 17.4. The lowest BCUT2D eigenvalue weighted by Gasteiger charge is -2.24. The van der Waals surface area contributed by atoms with Crippen LogP contribution in [-0.2, 0) is 9.59 Å². The molecule has 1 aliphatic rings. The molecule has 9 nitrogen and oxygen atoms in total. The van der Waals surface area contributed by atoms with E-state index in [1.54, 1.807) is 0 Å². The first-order valence-electron chi connectivity index (χ1n) is 11.9. The minimum absolute atomic E-state index is 0.00714. The Balaban J connectivity index is 1.46. The van der Waals surface area contributed by atoms with Crippen LogP contribution in [0.3, 0.4) is 0 Å². The fourth-order valence-electron chi connectivity index (χ4n) is 3.76. The Morgan fingerprint density at radius 1 is 1.08 bits per heavy atom. The van der Waals surface area contributed by atoms with Crippen LogP contribution in [0.25, 0.3) is 15.6 Å². The number of thiazole rings is 1. The number of unbranched alkanes of at least 4 members (excludes halogenated alkanes) is 2. The van der Waals surface area contributed by atoms with Crippen molar-refractivity contribution >= 4 is 72.6 Å². The van der Waals surface area contributed by atoms with Crippen LogP contribution < -0.4 is 10.2 Å². The summed E-state index contributed by atoms with van der Waals surface area (Å²) in [7, 11) is 0. The largest absolute Gasteiger partial charge is 0.372 e. The van der Waals surface area contributed by atoms with Crippen LogP contribution in [0, 0.1) is 0 Å². The third-order valence-electron chi connectivity index (χ3n) is 5.62. The summed E-state index contributed by atoms with van der Waals surface area (Å²) >= 11 is 2.73. The number of carbonyl (C=O) groups excluding carboxylic acids is 3. The topological polar surface area (TPSA) is 107 Å². The van der Waals surface area contributed by atoms with Gasteiger partial charge < -0.3 is 4.90 Å². The smallest absolute Gasteiger partial charge is 0.335 e. The molecule has 3 heterocycles. The number of anilines is 1. The Morgan fingerprint density at radius 3 is 2.39 bits per heavy atom. The Labute approximate surface area is 217 Å². The Kier molecular flexibility index (Phi) is 8.21. The van der Waals surface area contributed by atoms with Gasteiger partial charge in [0.15, 0.2) is 0 Å². The van der Waals surface area contributed by atoms with Crippen LogP contribution in [-0.4, -0.2) is 40.8 Å². The molecule has 4 rings (SSSR count). The SMILES string of the molecule is CCCCN(CCCC)c1ccc(/N=N/c2nc3sc(/C=C4\C(=O)NC(=O)N4C(C)=O)cc3s2)cc1. The lowest BCUT2D eigenvalue weighted by molar-refractivity contribution is -0.125. The highest BCUT2D eigenvalue weighted by Crippen LogP contribution is 2.36. The van der Waals surface area contributed by atoms with E-state index in [4.69, 9.17) is 0 Å². The van der Waals surface area contributed by atoms with E-state index < -0.39 is 17.8 Å². The molecule has 1 aromatic carbocycles. The molecule has 0 atom stereocenters. The Bertz CT molecular complexity index is 1290. The number of aromatic nitrogens is 1. The summed E-state index contributed by atoms with van der Waals surface area (Å²) in [6.45, 7) is 7.76. The van der Waals surface area contributed by atoms with Crippen molar-refractivity contribution in [3.8, 4) is 0 Å². The molecule has 3 aromatic rings. The number of thiophene rings is 1. The number of fused-ring (bicyclic) bond motifs is 1. The van der Waals surface area contributed by atoms with E-state index in [2.05, 4.69) is 51.4 Å². The van der Waals surface area contributed by atoms with Crippen molar-refractivity contribution in [2.75, 3.05) is 18.0 Å². The fourth-order valence-corrected chi connectivity index (χ4v) is 5.74. The zero-order valence-electron chi connectivity index (χ0n) is 20.5. The van der Waals surface area contributed by atoms with E-state index in [1.807, 2.05) is 18.2 Å². The number of benzene rings is 1. The highest BCUT2D eigenvalue weighted by molar-refractivity contribution is 7.29. The highest BCUT2D eigenvalue weighted by Gasteiger charge is 2.36. The number of nitrogens with zero attached hydrogens (tertiary/aromatic N) is 5. The summed E-state index contributed by atoms with van der Waals surface area (Å²) in [5.74, 6) is -1.12. The van der Waals surface area contributed by atoms with Crippen molar-refractivity contribution in [3.63, 3.8) is 0 Å². The number of azo groups is 1. The molecule has 1 fully saturated rings.